The van der Waals surface area contributed by atoms with Gasteiger partial charge < -0.3 is 10.1 Å². The summed E-state index contributed by atoms with van der Waals surface area (Å²) < 4.78 is 5.22. The number of carbonyl (C=O) groups is 1. The third-order valence-electron chi connectivity index (χ3n) is 2.60. The van der Waals surface area contributed by atoms with Gasteiger partial charge in [0.2, 0.25) is 5.91 Å². The molecular weight excluding hydrogens is 190 g/mol. The lowest BCUT2D eigenvalue weighted by Crippen LogP contribution is -2.19. The molecular formula is C12H17NO2. The van der Waals surface area contributed by atoms with E-state index >= 15 is 0 Å². The Morgan fingerprint density at radius 1 is 1.33 bits per heavy atom. The summed E-state index contributed by atoms with van der Waals surface area (Å²) in [5, 5.41) is 2.79. The zero-order valence-corrected chi connectivity index (χ0v) is 9.68. The van der Waals surface area contributed by atoms with Crippen LogP contribution in [-0.4, -0.2) is 13.0 Å². The smallest absolute Gasteiger partial charge is 0.217 e. The number of benzene rings is 1. The highest BCUT2D eigenvalue weighted by Crippen LogP contribution is 2.23. The van der Waals surface area contributed by atoms with Crippen molar-refractivity contribution in [3.8, 4) is 5.75 Å². The molecule has 0 spiro atoms. The standard InChI is InChI=1S/C12H17NO2/c1-8-9(2)12(15-4)6-5-11(8)7-13-10(3)14/h5-6H,7H2,1-4H3,(H,13,14). The van der Waals surface area contributed by atoms with Gasteiger partial charge in [-0.25, -0.2) is 0 Å². The van der Waals surface area contributed by atoms with Crippen LogP contribution < -0.4 is 10.1 Å². The molecule has 0 atom stereocenters. The first-order valence-corrected chi connectivity index (χ1v) is 4.93. The van der Waals surface area contributed by atoms with Crippen LogP contribution in [0.2, 0.25) is 0 Å². The minimum atomic E-state index is -0.0112. The summed E-state index contributed by atoms with van der Waals surface area (Å²) in [6.45, 7) is 6.15. The predicted molar refractivity (Wildman–Crippen MR) is 60.0 cm³/mol. The van der Waals surface area contributed by atoms with Crippen LogP contribution in [0.25, 0.3) is 0 Å². The third-order valence-corrected chi connectivity index (χ3v) is 2.60. The molecule has 1 aromatic carbocycles. The van der Waals surface area contributed by atoms with Gasteiger partial charge in [0.25, 0.3) is 0 Å². The molecule has 0 heterocycles. The molecule has 0 aliphatic carbocycles. The summed E-state index contributed by atoms with van der Waals surface area (Å²) in [6.07, 6.45) is 0. The molecule has 0 aliphatic heterocycles. The van der Waals surface area contributed by atoms with Crippen molar-refractivity contribution >= 4 is 5.91 Å². The van der Waals surface area contributed by atoms with Crippen LogP contribution in [0.4, 0.5) is 0 Å². The Kier molecular flexibility index (Phi) is 3.72. The highest BCUT2D eigenvalue weighted by atomic mass is 16.5. The van der Waals surface area contributed by atoms with Crippen molar-refractivity contribution in [3.05, 3.63) is 28.8 Å². The van der Waals surface area contributed by atoms with Crippen LogP contribution in [-0.2, 0) is 11.3 Å². The SMILES string of the molecule is COc1ccc(CNC(C)=O)c(C)c1C. The highest BCUT2D eigenvalue weighted by molar-refractivity contribution is 5.72. The second kappa shape index (κ2) is 4.82. The lowest BCUT2D eigenvalue weighted by atomic mass is 10.0. The van der Waals surface area contributed by atoms with Gasteiger partial charge in [-0.05, 0) is 36.6 Å². The van der Waals surface area contributed by atoms with Crippen molar-refractivity contribution in [2.45, 2.75) is 27.3 Å². The lowest BCUT2D eigenvalue weighted by molar-refractivity contribution is -0.119. The number of carbonyl (C=O) groups excluding carboxylic acids is 1. The average molecular weight is 207 g/mol. The minimum absolute atomic E-state index is 0.0112. The zero-order valence-electron chi connectivity index (χ0n) is 9.68. The molecule has 82 valence electrons. The van der Waals surface area contributed by atoms with Crippen molar-refractivity contribution in [3.63, 3.8) is 0 Å². The van der Waals surface area contributed by atoms with Gasteiger partial charge in [0.05, 0.1) is 7.11 Å². The summed E-state index contributed by atoms with van der Waals surface area (Å²) in [7, 11) is 1.66. The van der Waals surface area contributed by atoms with Crippen LogP contribution in [0, 0.1) is 13.8 Å². The van der Waals surface area contributed by atoms with Gasteiger partial charge in [-0.3, -0.25) is 4.79 Å². The zero-order chi connectivity index (χ0) is 11.4. The molecule has 0 bridgehead atoms. The molecule has 3 nitrogen and oxygen atoms in total. The number of hydrogen-bond donors (Lipinski definition) is 1. The first-order chi connectivity index (χ1) is 7.06. The Hall–Kier alpha value is -1.51. The Bertz CT molecular complexity index is 372. The molecule has 1 rings (SSSR count). The van der Waals surface area contributed by atoms with Crippen LogP contribution >= 0.6 is 0 Å². The van der Waals surface area contributed by atoms with E-state index in [-0.39, 0.29) is 5.91 Å². The number of nitrogens with one attached hydrogen (secondary N) is 1. The summed E-state index contributed by atoms with van der Waals surface area (Å²) in [5.41, 5.74) is 3.42. The fourth-order valence-electron chi connectivity index (χ4n) is 1.48. The molecule has 0 fully saturated rings. The predicted octanol–water partition coefficient (Wildman–Crippen LogP) is 1.95. The summed E-state index contributed by atoms with van der Waals surface area (Å²) >= 11 is 0. The fourth-order valence-corrected chi connectivity index (χ4v) is 1.48. The van der Waals surface area contributed by atoms with E-state index < -0.39 is 0 Å². The maximum Gasteiger partial charge on any atom is 0.217 e. The monoisotopic (exact) mass is 207 g/mol. The quantitative estimate of drug-likeness (QED) is 0.822. The molecule has 0 radical (unpaired) electrons. The summed E-state index contributed by atoms with van der Waals surface area (Å²) in [4.78, 5) is 10.8. The molecule has 1 amide bonds. The van der Waals surface area contributed by atoms with Crippen molar-refractivity contribution in [1.29, 1.82) is 0 Å². The van der Waals surface area contributed by atoms with E-state index in [0.717, 1.165) is 16.9 Å². The largest absolute Gasteiger partial charge is 0.496 e. The van der Waals surface area contributed by atoms with Gasteiger partial charge in [0.15, 0.2) is 0 Å². The Balaban J connectivity index is 2.91. The number of amides is 1. The van der Waals surface area contributed by atoms with E-state index in [9.17, 15) is 4.79 Å². The molecule has 0 saturated heterocycles. The maximum atomic E-state index is 10.8. The molecule has 0 aromatic heterocycles. The number of hydrogen-bond acceptors (Lipinski definition) is 2. The van der Waals surface area contributed by atoms with E-state index in [0.29, 0.717) is 6.54 Å². The van der Waals surface area contributed by atoms with Crippen LogP contribution in [0.15, 0.2) is 12.1 Å². The van der Waals surface area contributed by atoms with Gasteiger partial charge in [-0.15, -0.1) is 0 Å². The van der Waals surface area contributed by atoms with Crippen molar-refractivity contribution < 1.29 is 9.53 Å². The number of ether oxygens (including phenoxy) is 1. The highest BCUT2D eigenvalue weighted by Gasteiger charge is 2.06. The Labute approximate surface area is 90.4 Å². The summed E-state index contributed by atoms with van der Waals surface area (Å²) in [6, 6.07) is 3.91. The van der Waals surface area contributed by atoms with Gasteiger partial charge in [-0.2, -0.15) is 0 Å². The third kappa shape index (κ3) is 2.72. The second-order valence-corrected chi connectivity index (χ2v) is 3.59. The average Bonchev–Trinajstić information content (AvgIpc) is 2.20. The van der Waals surface area contributed by atoms with Crippen molar-refractivity contribution in [2.75, 3.05) is 7.11 Å². The van der Waals surface area contributed by atoms with Gasteiger partial charge in [0, 0.05) is 13.5 Å². The van der Waals surface area contributed by atoms with Crippen molar-refractivity contribution in [2.24, 2.45) is 0 Å². The topological polar surface area (TPSA) is 38.3 Å². The first-order valence-electron chi connectivity index (χ1n) is 4.93. The van der Waals surface area contributed by atoms with E-state index in [1.54, 1.807) is 7.11 Å². The molecule has 0 saturated carbocycles. The number of methoxy groups -OCH3 is 1. The van der Waals surface area contributed by atoms with Gasteiger partial charge in [-0.1, -0.05) is 6.07 Å². The van der Waals surface area contributed by atoms with E-state index in [1.165, 1.54) is 12.5 Å². The van der Waals surface area contributed by atoms with Crippen LogP contribution in [0.1, 0.15) is 23.6 Å². The van der Waals surface area contributed by atoms with E-state index in [2.05, 4.69) is 5.32 Å². The van der Waals surface area contributed by atoms with E-state index in [1.807, 2.05) is 26.0 Å². The molecule has 1 aromatic rings. The van der Waals surface area contributed by atoms with Crippen molar-refractivity contribution in [1.82, 2.24) is 5.32 Å². The molecule has 15 heavy (non-hydrogen) atoms. The molecule has 3 heteroatoms. The molecule has 0 aliphatic rings. The van der Waals surface area contributed by atoms with Gasteiger partial charge in [0.1, 0.15) is 5.75 Å². The first kappa shape index (κ1) is 11.6. The fraction of sp³-hybridized carbons (Fsp3) is 0.417. The van der Waals surface area contributed by atoms with Gasteiger partial charge >= 0.3 is 0 Å². The summed E-state index contributed by atoms with van der Waals surface area (Å²) in [5.74, 6) is 0.877. The Morgan fingerprint density at radius 3 is 2.53 bits per heavy atom. The normalized spacial score (nSPS) is 9.87. The Morgan fingerprint density at radius 2 is 2.00 bits per heavy atom. The number of rotatable bonds is 3. The minimum Gasteiger partial charge on any atom is -0.496 e. The van der Waals surface area contributed by atoms with E-state index in [4.69, 9.17) is 4.74 Å². The van der Waals surface area contributed by atoms with Crippen LogP contribution in [0.5, 0.6) is 5.75 Å². The maximum absolute atomic E-state index is 10.8. The molecule has 0 unspecified atom stereocenters. The second-order valence-electron chi connectivity index (χ2n) is 3.59. The lowest BCUT2D eigenvalue weighted by Gasteiger charge is -2.12. The van der Waals surface area contributed by atoms with Crippen LogP contribution in [0.3, 0.4) is 0 Å². The molecule has 1 N–H and O–H groups in total.